The summed E-state index contributed by atoms with van der Waals surface area (Å²) in [5, 5.41) is 4.32. The van der Waals surface area contributed by atoms with Crippen LogP contribution < -0.4 is 5.73 Å². The molecule has 0 saturated carbocycles. The molecule has 2 aromatic heterocycles. The number of benzene rings is 1. The predicted octanol–water partition coefficient (Wildman–Crippen LogP) is 2.92. The highest BCUT2D eigenvalue weighted by Gasteiger charge is 2.08. The fourth-order valence-electron chi connectivity index (χ4n) is 1.88. The molecule has 5 heteroatoms. The number of aryl methyl sites for hydroxylation is 1. The van der Waals surface area contributed by atoms with Crippen LogP contribution in [0.5, 0.6) is 0 Å². The number of aromatic nitrogens is 2. The topological polar surface area (TPSA) is 69.3 Å². The van der Waals surface area contributed by atoms with Gasteiger partial charge in [-0.15, -0.1) is 0 Å². The van der Waals surface area contributed by atoms with Gasteiger partial charge in [0.2, 0.25) is 5.95 Å². The van der Waals surface area contributed by atoms with Crippen LogP contribution in [0.4, 0.5) is 5.95 Å². The summed E-state index contributed by atoms with van der Waals surface area (Å²) < 4.78 is 6.80. The van der Waals surface area contributed by atoms with Crippen LogP contribution >= 0.6 is 0 Å². The number of rotatable bonds is 3. The molecule has 0 saturated heterocycles. The SMILES string of the molecule is Cc1ccc(-c2cnc(N)n2N=Cc2ccco2)cc1. The van der Waals surface area contributed by atoms with E-state index in [2.05, 4.69) is 10.1 Å². The Morgan fingerprint density at radius 2 is 2.05 bits per heavy atom. The fraction of sp³-hybridized carbons (Fsp3) is 0.0667. The second kappa shape index (κ2) is 5.05. The number of hydrogen-bond acceptors (Lipinski definition) is 4. The van der Waals surface area contributed by atoms with E-state index in [-0.39, 0.29) is 0 Å². The number of nitrogens with zero attached hydrogens (tertiary/aromatic N) is 3. The van der Waals surface area contributed by atoms with Gasteiger partial charge in [-0.3, -0.25) is 0 Å². The average Bonchev–Trinajstić information content (AvgIpc) is 3.07. The van der Waals surface area contributed by atoms with E-state index in [0.717, 1.165) is 11.3 Å². The number of nitrogens with two attached hydrogens (primary N) is 1. The van der Waals surface area contributed by atoms with Gasteiger partial charge in [-0.1, -0.05) is 29.8 Å². The van der Waals surface area contributed by atoms with Crippen molar-refractivity contribution in [1.82, 2.24) is 9.66 Å². The predicted molar refractivity (Wildman–Crippen MR) is 78.5 cm³/mol. The summed E-state index contributed by atoms with van der Waals surface area (Å²) in [5.74, 6) is 0.997. The highest BCUT2D eigenvalue weighted by Crippen LogP contribution is 2.22. The molecule has 20 heavy (non-hydrogen) atoms. The molecular weight excluding hydrogens is 252 g/mol. The van der Waals surface area contributed by atoms with Crippen molar-refractivity contribution >= 4 is 12.2 Å². The van der Waals surface area contributed by atoms with Crippen LogP contribution in [0.15, 0.2) is 58.4 Å². The van der Waals surface area contributed by atoms with E-state index in [4.69, 9.17) is 10.2 Å². The summed E-state index contributed by atoms with van der Waals surface area (Å²) in [7, 11) is 0. The second-order valence-electron chi connectivity index (χ2n) is 4.44. The lowest BCUT2D eigenvalue weighted by Gasteiger charge is -2.04. The summed E-state index contributed by atoms with van der Waals surface area (Å²) in [6.45, 7) is 2.05. The summed E-state index contributed by atoms with van der Waals surface area (Å²) in [4.78, 5) is 4.11. The first kappa shape index (κ1) is 12.2. The Bertz CT molecular complexity index is 724. The number of anilines is 1. The molecule has 2 heterocycles. The van der Waals surface area contributed by atoms with Gasteiger partial charge < -0.3 is 10.2 Å². The summed E-state index contributed by atoms with van der Waals surface area (Å²) in [6.07, 6.45) is 4.91. The summed E-state index contributed by atoms with van der Waals surface area (Å²) in [5.41, 5.74) is 8.91. The van der Waals surface area contributed by atoms with Gasteiger partial charge in [0.1, 0.15) is 5.76 Å². The van der Waals surface area contributed by atoms with Gasteiger partial charge in [0.25, 0.3) is 0 Å². The first-order valence-electron chi connectivity index (χ1n) is 6.22. The molecule has 5 nitrogen and oxygen atoms in total. The van der Waals surface area contributed by atoms with E-state index in [1.165, 1.54) is 5.56 Å². The summed E-state index contributed by atoms with van der Waals surface area (Å²) in [6, 6.07) is 11.7. The molecule has 0 bridgehead atoms. The van der Waals surface area contributed by atoms with Crippen LogP contribution in [0.3, 0.4) is 0 Å². The van der Waals surface area contributed by atoms with Crippen molar-refractivity contribution < 1.29 is 4.42 Å². The van der Waals surface area contributed by atoms with Crippen molar-refractivity contribution in [3.63, 3.8) is 0 Å². The zero-order valence-electron chi connectivity index (χ0n) is 11.0. The molecule has 3 rings (SSSR count). The minimum Gasteiger partial charge on any atom is -0.463 e. The fourth-order valence-corrected chi connectivity index (χ4v) is 1.88. The largest absolute Gasteiger partial charge is 0.463 e. The lowest BCUT2D eigenvalue weighted by molar-refractivity contribution is 0.559. The Hall–Kier alpha value is -2.82. The van der Waals surface area contributed by atoms with Crippen molar-refractivity contribution in [3.8, 4) is 11.3 Å². The van der Waals surface area contributed by atoms with Gasteiger partial charge in [0.15, 0.2) is 0 Å². The molecule has 0 fully saturated rings. The van der Waals surface area contributed by atoms with Crippen molar-refractivity contribution in [2.24, 2.45) is 5.10 Å². The van der Waals surface area contributed by atoms with Crippen molar-refractivity contribution in [2.75, 3.05) is 5.73 Å². The Morgan fingerprint density at radius 1 is 1.25 bits per heavy atom. The van der Waals surface area contributed by atoms with E-state index in [1.54, 1.807) is 29.4 Å². The van der Waals surface area contributed by atoms with E-state index < -0.39 is 0 Å². The van der Waals surface area contributed by atoms with Crippen LogP contribution in [-0.2, 0) is 0 Å². The maximum absolute atomic E-state index is 5.86. The van der Waals surface area contributed by atoms with Crippen molar-refractivity contribution in [2.45, 2.75) is 6.92 Å². The monoisotopic (exact) mass is 266 g/mol. The normalized spacial score (nSPS) is 11.2. The molecule has 0 atom stereocenters. The molecule has 0 aliphatic carbocycles. The maximum atomic E-state index is 5.86. The van der Waals surface area contributed by atoms with E-state index in [9.17, 15) is 0 Å². The Kier molecular flexibility index (Phi) is 3.09. The standard InChI is InChI=1S/C15H14N4O/c1-11-4-6-12(7-5-11)14-10-17-15(16)19(14)18-9-13-3-2-8-20-13/h2-10H,1H3,(H2,16,17). The average molecular weight is 266 g/mol. The molecule has 0 unspecified atom stereocenters. The molecule has 0 aliphatic heterocycles. The quantitative estimate of drug-likeness (QED) is 0.741. The Labute approximate surface area is 116 Å². The first-order chi connectivity index (χ1) is 9.74. The Morgan fingerprint density at radius 3 is 2.75 bits per heavy atom. The molecule has 0 spiro atoms. The van der Waals surface area contributed by atoms with Gasteiger partial charge in [-0.05, 0) is 19.1 Å². The van der Waals surface area contributed by atoms with E-state index in [1.807, 2.05) is 37.3 Å². The third kappa shape index (κ3) is 2.33. The molecule has 100 valence electrons. The molecule has 1 aromatic carbocycles. The second-order valence-corrected chi connectivity index (χ2v) is 4.44. The maximum Gasteiger partial charge on any atom is 0.221 e. The van der Waals surface area contributed by atoms with Gasteiger partial charge >= 0.3 is 0 Å². The Balaban J connectivity index is 1.99. The van der Waals surface area contributed by atoms with Crippen LogP contribution in [-0.4, -0.2) is 15.9 Å². The lowest BCUT2D eigenvalue weighted by atomic mass is 10.1. The van der Waals surface area contributed by atoms with Crippen LogP contribution in [0.25, 0.3) is 11.3 Å². The number of hydrogen-bond donors (Lipinski definition) is 1. The van der Waals surface area contributed by atoms with Crippen LogP contribution in [0.2, 0.25) is 0 Å². The first-order valence-corrected chi connectivity index (χ1v) is 6.22. The minimum atomic E-state index is 0.336. The zero-order valence-corrected chi connectivity index (χ0v) is 11.0. The molecule has 2 N–H and O–H groups in total. The van der Waals surface area contributed by atoms with Crippen molar-refractivity contribution in [3.05, 3.63) is 60.2 Å². The molecule has 3 aromatic rings. The van der Waals surface area contributed by atoms with Crippen LogP contribution in [0, 0.1) is 6.92 Å². The van der Waals surface area contributed by atoms with Gasteiger partial charge in [-0.2, -0.15) is 9.78 Å². The third-order valence-electron chi connectivity index (χ3n) is 2.96. The van der Waals surface area contributed by atoms with E-state index in [0.29, 0.717) is 11.7 Å². The van der Waals surface area contributed by atoms with Gasteiger partial charge in [0.05, 0.1) is 24.4 Å². The summed E-state index contributed by atoms with van der Waals surface area (Å²) >= 11 is 0. The molecule has 0 aliphatic rings. The number of nitrogen functional groups attached to an aromatic ring is 1. The smallest absolute Gasteiger partial charge is 0.221 e. The number of furan rings is 1. The zero-order chi connectivity index (χ0) is 13.9. The molecule has 0 radical (unpaired) electrons. The minimum absolute atomic E-state index is 0.336. The lowest BCUT2D eigenvalue weighted by Crippen LogP contribution is -1.99. The highest BCUT2D eigenvalue weighted by atomic mass is 16.3. The van der Waals surface area contributed by atoms with Crippen molar-refractivity contribution in [1.29, 1.82) is 0 Å². The highest BCUT2D eigenvalue weighted by molar-refractivity contribution is 5.76. The third-order valence-corrected chi connectivity index (χ3v) is 2.96. The van der Waals surface area contributed by atoms with Gasteiger partial charge in [-0.25, -0.2) is 4.98 Å². The molecule has 0 amide bonds. The van der Waals surface area contributed by atoms with Crippen LogP contribution in [0.1, 0.15) is 11.3 Å². The molecular formula is C15H14N4O. The van der Waals surface area contributed by atoms with E-state index >= 15 is 0 Å². The van der Waals surface area contributed by atoms with Gasteiger partial charge in [0, 0.05) is 5.56 Å². The number of imidazole rings is 1.